The minimum Gasteiger partial charge on any atom is -0.453 e. The zero-order valence-electron chi connectivity index (χ0n) is 12.6. The van der Waals surface area contributed by atoms with Crippen molar-refractivity contribution in [3.05, 3.63) is 22.3 Å². The first-order chi connectivity index (χ1) is 11.5. The van der Waals surface area contributed by atoms with Gasteiger partial charge >= 0.3 is 5.97 Å². The number of ether oxygens (including phenoxy) is 1. The average Bonchev–Trinajstić information content (AvgIpc) is 3.10. The molecule has 5 N–H and O–H groups in total. The number of amides is 1. The number of carbonyl (C=O) groups excluding carboxylic acids is 2. The van der Waals surface area contributed by atoms with E-state index in [4.69, 9.17) is 15.7 Å². The second-order valence-corrected chi connectivity index (χ2v) is 7.20. The molecule has 9 nitrogen and oxygen atoms in total. The highest BCUT2D eigenvalue weighted by molar-refractivity contribution is 8.00. The number of cyclic esters (lactones) is 1. The second-order valence-electron chi connectivity index (χ2n) is 5.12. The molecule has 3 rings (SSSR count). The Kier molecular flexibility index (Phi) is 4.62. The molecule has 0 bridgehead atoms. The van der Waals surface area contributed by atoms with Crippen molar-refractivity contribution in [2.75, 3.05) is 18.0 Å². The number of thiazole rings is 1. The standard InChI is InChI=1S/C13H15N5O4S2/c1-5-6-3-23-8(17-9(6)12(20)22-5)2-15-11(19)10(18-21)7-4-24-13(14)16-7/h4-5,8,17,21H,2-3H2,1H3,(H2,14,16)(H,15,19)/b18-10+/t5-,8-/m1/s1. The van der Waals surface area contributed by atoms with Gasteiger partial charge in [-0.1, -0.05) is 5.16 Å². The fraction of sp³-hybridized carbons (Fsp3) is 0.385. The topological polar surface area (TPSA) is 139 Å². The third kappa shape index (κ3) is 3.17. The van der Waals surface area contributed by atoms with Crippen LogP contribution in [-0.2, 0) is 14.3 Å². The molecule has 0 saturated carbocycles. The molecule has 0 fully saturated rings. The maximum absolute atomic E-state index is 12.2. The highest BCUT2D eigenvalue weighted by Crippen LogP contribution is 2.30. The van der Waals surface area contributed by atoms with Crippen LogP contribution in [0.4, 0.5) is 5.13 Å². The molecule has 2 aliphatic rings. The van der Waals surface area contributed by atoms with Crippen molar-refractivity contribution in [2.45, 2.75) is 18.4 Å². The number of oxime groups is 1. The molecule has 11 heteroatoms. The van der Waals surface area contributed by atoms with Crippen LogP contribution in [0.3, 0.4) is 0 Å². The van der Waals surface area contributed by atoms with Crippen LogP contribution in [0.25, 0.3) is 0 Å². The lowest BCUT2D eigenvalue weighted by molar-refractivity contribution is -0.139. The van der Waals surface area contributed by atoms with Crippen LogP contribution >= 0.6 is 23.1 Å². The van der Waals surface area contributed by atoms with Crippen LogP contribution in [0, 0.1) is 0 Å². The van der Waals surface area contributed by atoms with Crippen molar-refractivity contribution in [1.29, 1.82) is 0 Å². The monoisotopic (exact) mass is 369 g/mol. The van der Waals surface area contributed by atoms with Gasteiger partial charge in [-0.2, -0.15) is 0 Å². The predicted molar refractivity (Wildman–Crippen MR) is 89.8 cm³/mol. The average molecular weight is 369 g/mol. The summed E-state index contributed by atoms with van der Waals surface area (Å²) in [5.41, 5.74) is 6.92. The highest BCUT2D eigenvalue weighted by atomic mass is 32.2. The first kappa shape index (κ1) is 16.6. The van der Waals surface area contributed by atoms with E-state index in [1.807, 2.05) is 6.92 Å². The number of hydrogen-bond acceptors (Lipinski definition) is 10. The molecule has 0 spiro atoms. The molecule has 1 aromatic rings. The molecule has 3 heterocycles. The molecular weight excluding hydrogens is 354 g/mol. The minimum absolute atomic E-state index is 0.189. The summed E-state index contributed by atoms with van der Waals surface area (Å²) in [6, 6.07) is 0. The summed E-state index contributed by atoms with van der Waals surface area (Å²) in [6.45, 7) is 2.06. The van der Waals surface area contributed by atoms with E-state index in [0.717, 1.165) is 16.9 Å². The van der Waals surface area contributed by atoms with Gasteiger partial charge < -0.3 is 26.3 Å². The predicted octanol–water partition coefficient (Wildman–Crippen LogP) is -0.118. The van der Waals surface area contributed by atoms with Crippen molar-refractivity contribution >= 4 is 45.8 Å². The zero-order chi connectivity index (χ0) is 17.3. The van der Waals surface area contributed by atoms with Gasteiger partial charge in [-0.05, 0) is 6.92 Å². The van der Waals surface area contributed by atoms with Gasteiger partial charge in [0.25, 0.3) is 5.91 Å². The molecule has 2 aliphatic heterocycles. The number of rotatable bonds is 4. The SMILES string of the molecule is C[C@H]1OC(=O)C2=C1CS[C@H](CNC(=O)/C(=N/O)c1csc(N)n1)N2. The lowest BCUT2D eigenvalue weighted by Crippen LogP contribution is -2.44. The van der Waals surface area contributed by atoms with Crippen molar-refractivity contribution in [3.8, 4) is 0 Å². The lowest BCUT2D eigenvalue weighted by atomic mass is 10.1. The highest BCUT2D eigenvalue weighted by Gasteiger charge is 2.36. The van der Waals surface area contributed by atoms with Crippen molar-refractivity contribution in [1.82, 2.24) is 15.6 Å². The van der Waals surface area contributed by atoms with E-state index in [9.17, 15) is 9.59 Å². The number of thioether (sulfide) groups is 1. The number of esters is 1. The van der Waals surface area contributed by atoms with Crippen molar-refractivity contribution in [3.63, 3.8) is 0 Å². The van der Waals surface area contributed by atoms with Crippen LogP contribution in [0.5, 0.6) is 0 Å². The molecule has 0 aliphatic carbocycles. The van der Waals surface area contributed by atoms with Gasteiger partial charge in [0.2, 0.25) is 0 Å². The summed E-state index contributed by atoms with van der Waals surface area (Å²) in [6.07, 6.45) is -0.216. The number of anilines is 1. The minimum atomic E-state index is -0.577. The van der Waals surface area contributed by atoms with E-state index in [-0.39, 0.29) is 40.5 Å². The van der Waals surface area contributed by atoms with E-state index in [2.05, 4.69) is 20.8 Å². The van der Waals surface area contributed by atoms with Crippen molar-refractivity contribution < 1.29 is 19.5 Å². The van der Waals surface area contributed by atoms with Crippen LogP contribution in [0.2, 0.25) is 0 Å². The zero-order valence-corrected chi connectivity index (χ0v) is 14.2. The largest absolute Gasteiger partial charge is 0.453 e. The quantitative estimate of drug-likeness (QED) is 0.249. The number of aromatic nitrogens is 1. The van der Waals surface area contributed by atoms with Gasteiger partial charge in [-0.15, -0.1) is 23.1 Å². The Labute approximate surface area is 145 Å². The molecule has 128 valence electrons. The van der Waals surface area contributed by atoms with Gasteiger partial charge in [0.1, 0.15) is 17.5 Å². The lowest BCUT2D eigenvalue weighted by Gasteiger charge is -2.24. The third-order valence-electron chi connectivity index (χ3n) is 3.57. The van der Waals surface area contributed by atoms with Crippen LogP contribution in [0.1, 0.15) is 12.6 Å². The normalized spacial score (nSPS) is 23.5. The Morgan fingerprint density at radius 1 is 1.67 bits per heavy atom. The number of nitrogens with one attached hydrogen (secondary N) is 2. The summed E-state index contributed by atoms with van der Waals surface area (Å²) in [5.74, 6) is -0.295. The number of nitrogen functional groups attached to an aromatic ring is 1. The number of carbonyl (C=O) groups is 2. The van der Waals surface area contributed by atoms with E-state index < -0.39 is 5.91 Å². The Morgan fingerprint density at radius 3 is 3.12 bits per heavy atom. The van der Waals surface area contributed by atoms with Gasteiger partial charge in [-0.25, -0.2) is 9.78 Å². The molecule has 1 amide bonds. The Bertz CT molecular complexity index is 744. The summed E-state index contributed by atoms with van der Waals surface area (Å²) >= 11 is 2.70. The fourth-order valence-electron chi connectivity index (χ4n) is 2.35. The number of nitrogens with zero attached hydrogens (tertiary/aromatic N) is 2. The molecular formula is C13H15N5O4S2. The molecule has 0 saturated heterocycles. The van der Waals surface area contributed by atoms with Crippen LogP contribution in [-0.4, -0.2) is 51.6 Å². The number of hydrogen-bond donors (Lipinski definition) is 4. The Morgan fingerprint density at radius 2 is 2.46 bits per heavy atom. The van der Waals surface area contributed by atoms with Crippen LogP contribution in [0.15, 0.2) is 21.8 Å². The summed E-state index contributed by atoms with van der Waals surface area (Å²) in [4.78, 5) is 27.8. The smallest absolute Gasteiger partial charge is 0.355 e. The number of nitrogens with two attached hydrogens (primary N) is 1. The molecule has 1 aromatic heterocycles. The van der Waals surface area contributed by atoms with Gasteiger partial charge in [0.15, 0.2) is 10.8 Å². The van der Waals surface area contributed by atoms with Crippen molar-refractivity contribution in [2.24, 2.45) is 5.16 Å². The van der Waals surface area contributed by atoms with Gasteiger partial charge in [0, 0.05) is 23.3 Å². The Hall–Kier alpha value is -2.27. The van der Waals surface area contributed by atoms with E-state index in [1.165, 1.54) is 5.38 Å². The van der Waals surface area contributed by atoms with Gasteiger partial charge in [-0.3, -0.25) is 4.79 Å². The molecule has 0 unspecified atom stereocenters. The fourth-order valence-corrected chi connectivity index (χ4v) is 4.06. The van der Waals surface area contributed by atoms with E-state index >= 15 is 0 Å². The first-order valence-electron chi connectivity index (χ1n) is 7.03. The first-order valence-corrected chi connectivity index (χ1v) is 8.96. The molecule has 0 radical (unpaired) electrons. The molecule has 0 aromatic carbocycles. The third-order valence-corrected chi connectivity index (χ3v) is 5.41. The van der Waals surface area contributed by atoms with Gasteiger partial charge in [0.05, 0.1) is 5.37 Å². The summed E-state index contributed by atoms with van der Waals surface area (Å²) in [7, 11) is 0. The summed E-state index contributed by atoms with van der Waals surface area (Å²) in [5, 5.41) is 19.4. The maximum atomic E-state index is 12.2. The van der Waals surface area contributed by atoms with E-state index in [0.29, 0.717) is 11.4 Å². The molecule has 2 atom stereocenters. The van der Waals surface area contributed by atoms with Crippen LogP contribution < -0.4 is 16.4 Å². The maximum Gasteiger partial charge on any atom is 0.355 e. The summed E-state index contributed by atoms with van der Waals surface area (Å²) < 4.78 is 5.15. The van der Waals surface area contributed by atoms with E-state index in [1.54, 1.807) is 11.8 Å². The molecule has 24 heavy (non-hydrogen) atoms. The Balaban J connectivity index is 1.59. The second kappa shape index (κ2) is 6.69.